The normalized spacial score (nSPS) is 37.7. The quantitative estimate of drug-likeness (QED) is 0.168. The fourth-order valence-corrected chi connectivity index (χ4v) is 26.7. The molecule has 14 heterocycles. The van der Waals surface area contributed by atoms with E-state index >= 15 is 0 Å². The molecule has 18 unspecified atom stereocenters. The highest BCUT2D eigenvalue weighted by Crippen LogP contribution is 2.46. The summed E-state index contributed by atoms with van der Waals surface area (Å²) in [6.45, 7) is 76.0. The van der Waals surface area contributed by atoms with Gasteiger partial charge in [0.2, 0.25) is 0 Å². The minimum Gasteiger partial charge on any atom is -0.358 e. The zero-order valence-corrected chi connectivity index (χ0v) is 78.8. The van der Waals surface area contributed by atoms with Crippen LogP contribution in [-0.4, -0.2) is 211 Å². The Morgan fingerprint density at radius 1 is 0.178 bits per heavy atom. The van der Waals surface area contributed by atoms with Gasteiger partial charge in [0.05, 0.1) is 180 Å². The lowest BCUT2D eigenvalue weighted by Gasteiger charge is -2.47. The molecule has 7 nitrogen and oxygen atoms in total. The van der Waals surface area contributed by atoms with Crippen molar-refractivity contribution in [2.75, 3.05) is 137 Å². The Kier molecular flexibility index (Phi) is 48.7. The van der Waals surface area contributed by atoms with Crippen LogP contribution in [0.3, 0.4) is 0 Å². The maximum atomic E-state index is 2.54. The van der Waals surface area contributed by atoms with Crippen molar-refractivity contribution in [3.63, 3.8) is 0 Å². The van der Waals surface area contributed by atoms with Crippen LogP contribution in [0.5, 0.6) is 0 Å². The van der Waals surface area contributed by atoms with Crippen LogP contribution in [0.15, 0.2) is 0 Å². The van der Waals surface area contributed by atoms with Crippen LogP contribution < -0.4 is 0 Å². The Labute approximate surface area is 680 Å². The van der Waals surface area contributed by atoms with E-state index in [1.54, 1.807) is 0 Å². The van der Waals surface area contributed by atoms with Gasteiger partial charge in [-0.2, -0.15) is 0 Å². The molecule has 0 aromatic carbocycles. The van der Waals surface area contributed by atoms with Crippen LogP contribution in [0.25, 0.3) is 0 Å². The van der Waals surface area contributed by atoms with Crippen molar-refractivity contribution in [2.45, 2.75) is 398 Å². The molecular formula is C100H207N7. The van der Waals surface area contributed by atoms with Gasteiger partial charge in [0, 0.05) is 67.6 Å². The molecule has 642 valence electrons. The van der Waals surface area contributed by atoms with Crippen molar-refractivity contribution in [3.8, 4) is 0 Å². The van der Waals surface area contributed by atoms with Gasteiger partial charge in [-0.25, -0.2) is 0 Å². The first-order valence-electron chi connectivity index (χ1n) is 46.8. The van der Waals surface area contributed by atoms with E-state index in [1.807, 2.05) is 0 Å². The minimum absolute atomic E-state index is 0. The molecule has 0 bridgehead atoms. The lowest BCUT2D eigenvalue weighted by atomic mass is 9.77. The summed E-state index contributed by atoms with van der Waals surface area (Å²) in [4.78, 5) is 0. The van der Waals surface area contributed by atoms with E-state index in [4.69, 9.17) is 0 Å². The van der Waals surface area contributed by atoms with Crippen molar-refractivity contribution >= 4 is 0 Å². The number of hydrogen-bond acceptors (Lipinski definition) is 0. The highest BCUT2D eigenvalue weighted by atomic mass is 15.4. The Hall–Kier alpha value is -0.280. The largest absolute Gasteiger partial charge is 0.358 e. The van der Waals surface area contributed by atoms with Crippen LogP contribution in [0.2, 0.25) is 0 Å². The number of rotatable bonds is 0. The molecule has 0 amide bonds. The maximum absolute atomic E-state index is 2.54. The molecule has 7 heteroatoms. The maximum Gasteiger partial charge on any atom is 0.0892 e. The number of piperidine rings is 5. The van der Waals surface area contributed by atoms with Crippen LogP contribution in [0, 0.1) is 117 Å². The number of hydrogen-bond donors (Lipinski definition) is 0. The first-order valence-corrected chi connectivity index (χ1v) is 46.8. The third kappa shape index (κ3) is 27.4. The second-order valence-electron chi connectivity index (χ2n) is 41.2. The molecule has 0 aliphatic carbocycles. The third-order valence-corrected chi connectivity index (χ3v) is 35.5. The Morgan fingerprint density at radius 3 is 0.972 bits per heavy atom. The van der Waals surface area contributed by atoms with Gasteiger partial charge in [-0.05, 0) is 277 Å². The van der Waals surface area contributed by atoms with Gasteiger partial charge in [-0.1, -0.05) is 76.2 Å². The van der Waals surface area contributed by atoms with Crippen molar-refractivity contribution < 1.29 is 31.4 Å². The van der Waals surface area contributed by atoms with E-state index in [9.17, 15) is 0 Å². The standard InChI is InChI=1S/C16H32N.C15H30N.2C13H26N.3C12H24N.7CH3/c1-11-12(2)14(4)16(6)17(9-7-8-10-17)15(5)13(11)3;1-11-10-12(2)14(4)16(8-6-7-9-16)15(5)13(11)3;1-12-8-4-7-11-14(13(12)2)9-5-3-6-10-14;1-12-7-6-10-14(13(2)11-12)8-4-3-5-9-14;1-12-7-3-6-10-13(11-12)8-4-2-5-9-13;1-12-8-4-2-5-9-13(12)10-6-3-7-11-13;1-12-6-5-10-13(11-7-12)8-3-2-4-9-13;;;;;;;/h11-16H,7-10H2,1-6H3;11-15H,6-10H2,1-5H3;2*12-13H,3-11H2,1-2H3;3*12H,2-11H2,1H3;7*1H3/q7*+1;7*-1. The van der Waals surface area contributed by atoms with Gasteiger partial charge >= 0.3 is 0 Å². The Morgan fingerprint density at radius 2 is 0.495 bits per heavy atom. The molecule has 14 saturated heterocycles. The second-order valence-corrected chi connectivity index (χ2v) is 41.2. The molecule has 107 heavy (non-hydrogen) atoms. The topological polar surface area (TPSA) is 0 Å². The summed E-state index contributed by atoms with van der Waals surface area (Å²) in [6.07, 6.45) is 53.4. The summed E-state index contributed by atoms with van der Waals surface area (Å²) >= 11 is 0. The molecule has 0 N–H and O–H groups in total. The number of nitrogens with zero attached hydrogens (tertiary/aromatic N) is 7. The van der Waals surface area contributed by atoms with E-state index in [-0.39, 0.29) is 52.0 Å². The van der Waals surface area contributed by atoms with Gasteiger partial charge in [-0.15, -0.1) is 0 Å². The molecular weight excluding hydrogens is 1300 g/mol. The predicted molar refractivity (Wildman–Crippen MR) is 482 cm³/mol. The van der Waals surface area contributed by atoms with Crippen LogP contribution >= 0.6 is 0 Å². The monoisotopic (exact) mass is 1510 g/mol. The van der Waals surface area contributed by atoms with E-state index in [0.717, 1.165) is 107 Å². The van der Waals surface area contributed by atoms with E-state index in [1.165, 1.54) is 400 Å². The SMILES string of the molecule is CC1C(C)C(C)C(C)[N+]2(CCCC2)C(C)C1C.CC1CC(C)C(C)[N+]2(CCCC2)C(C)C1C.CC1CCCCC[N+]12CCCCC2.CC1CCCC[N+]2(CCCCC2)C1.CC1CCCC[N+]2(CCCCC2)C1C.CC1CCC[N+]2(CCCCC2)C(C)C1.CC1CCC[N+]2(CCCCC2)CC1.[CH3-].[CH3-].[CH3-].[CH3-].[CH3-].[CH3-].[CH3-]. The van der Waals surface area contributed by atoms with Crippen molar-refractivity contribution in [1.82, 2.24) is 0 Å². The molecule has 0 saturated carbocycles. The lowest BCUT2D eigenvalue weighted by Crippen LogP contribution is -2.60. The fraction of sp³-hybridized carbons (Fsp3) is 0.930. The second kappa shape index (κ2) is 49.7. The van der Waals surface area contributed by atoms with Gasteiger partial charge in [-0.3, -0.25) is 0 Å². The van der Waals surface area contributed by atoms with Crippen molar-refractivity contribution in [2.24, 2.45) is 65.1 Å². The molecule has 0 radical (unpaired) electrons. The zero-order valence-electron chi connectivity index (χ0n) is 78.8. The van der Waals surface area contributed by atoms with E-state index in [2.05, 4.69) is 125 Å². The summed E-state index contributed by atoms with van der Waals surface area (Å²) in [6, 6.07) is 6.29. The van der Waals surface area contributed by atoms with Crippen LogP contribution in [-0.2, 0) is 0 Å². The third-order valence-electron chi connectivity index (χ3n) is 35.5. The lowest BCUT2D eigenvalue weighted by molar-refractivity contribution is -0.965. The van der Waals surface area contributed by atoms with Crippen LogP contribution in [0.1, 0.15) is 356 Å². The summed E-state index contributed by atoms with van der Waals surface area (Å²) in [7, 11) is 0. The summed E-state index contributed by atoms with van der Waals surface area (Å²) in [5, 5.41) is 0. The molecule has 7 spiro atoms. The van der Waals surface area contributed by atoms with Gasteiger partial charge in [0.1, 0.15) is 0 Å². The minimum atomic E-state index is 0. The molecule has 14 fully saturated rings. The number of quaternary nitrogens is 7. The predicted octanol–water partition coefficient (Wildman–Crippen LogP) is 25.7. The van der Waals surface area contributed by atoms with Gasteiger partial charge in [0.25, 0.3) is 0 Å². The smallest absolute Gasteiger partial charge is 0.0892 e. The molecule has 14 rings (SSSR count). The first kappa shape index (κ1) is 105. The van der Waals surface area contributed by atoms with E-state index in [0.29, 0.717) is 0 Å². The average molecular weight is 1510 g/mol. The summed E-state index contributed by atoms with van der Waals surface area (Å²) in [5.41, 5.74) is 0. The van der Waals surface area contributed by atoms with Crippen molar-refractivity contribution in [3.05, 3.63) is 52.0 Å². The molecule has 18 atom stereocenters. The Balaban J connectivity index is 0.000000619. The molecule has 0 aromatic rings. The molecule has 0 aromatic heterocycles. The van der Waals surface area contributed by atoms with Gasteiger partial charge in [0.15, 0.2) is 0 Å². The highest BCUT2D eigenvalue weighted by molar-refractivity contribution is 4.87. The van der Waals surface area contributed by atoms with Gasteiger partial charge < -0.3 is 83.4 Å². The van der Waals surface area contributed by atoms with E-state index < -0.39 is 0 Å². The average Bonchev–Trinajstić information content (AvgIpc) is 1.62. The first-order chi connectivity index (χ1) is 47.8. The van der Waals surface area contributed by atoms with Crippen LogP contribution in [0.4, 0.5) is 0 Å². The summed E-state index contributed by atoms with van der Waals surface area (Å²) < 4.78 is 10.3. The molecule has 14 aliphatic rings. The zero-order chi connectivity index (χ0) is 72.2. The molecule has 14 aliphatic heterocycles. The highest BCUT2D eigenvalue weighted by Gasteiger charge is 2.53. The van der Waals surface area contributed by atoms with Crippen molar-refractivity contribution in [1.29, 1.82) is 0 Å². The fourth-order valence-electron chi connectivity index (χ4n) is 26.7. The summed E-state index contributed by atoms with van der Waals surface area (Å²) in [5.74, 6) is 10.1. The Bertz CT molecular complexity index is 2180.